The van der Waals surface area contributed by atoms with Crippen molar-refractivity contribution in [2.75, 3.05) is 38.2 Å². The maximum atomic E-state index is 12.8. The van der Waals surface area contributed by atoms with Gasteiger partial charge in [0, 0.05) is 38.6 Å². The second kappa shape index (κ2) is 7.04. The van der Waals surface area contributed by atoms with Crippen LogP contribution in [0.4, 0.5) is 5.95 Å². The molecule has 1 aliphatic rings. The topological polar surface area (TPSA) is 75.6 Å². The number of aromatic nitrogens is 2. The summed E-state index contributed by atoms with van der Waals surface area (Å²) in [5.41, 5.74) is 0. The standard InChI is InChI=1S/C15H17BrN4O3S/c1-23-14-4-3-12(11-13(14)16)24(21,22)20-9-7-19(8-10-20)15-17-5-2-6-18-15/h2-6,11H,7-10H2,1H3. The average molecular weight is 413 g/mol. The molecule has 1 aromatic heterocycles. The molecule has 3 rings (SSSR count). The highest BCUT2D eigenvalue weighted by Crippen LogP contribution is 2.29. The summed E-state index contributed by atoms with van der Waals surface area (Å²) in [6, 6.07) is 6.53. The van der Waals surface area contributed by atoms with Gasteiger partial charge >= 0.3 is 0 Å². The van der Waals surface area contributed by atoms with Crippen molar-refractivity contribution in [3.8, 4) is 5.75 Å². The Morgan fingerprint density at radius 3 is 2.38 bits per heavy atom. The molecule has 0 saturated carbocycles. The molecule has 1 saturated heterocycles. The fourth-order valence-corrected chi connectivity index (χ4v) is 4.68. The van der Waals surface area contributed by atoms with E-state index < -0.39 is 10.0 Å². The van der Waals surface area contributed by atoms with E-state index in [1.165, 1.54) is 4.31 Å². The summed E-state index contributed by atoms with van der Waals surface area (Å²) in [5.74, 6) is 1.22. The van der Waals surface area contributed by atoms with Crippen molar-refractivity contribution in [2.24, 2.45) is 0 Å². The first-order valence-corrected chi connectivity index (χ1v) is 9.61. The summed E-state index contributed by atoms with van der Waals surface area (Å²) in [7, 11) is -1.99. The van der Waals surface area contributed by atoms with E-state index in [1.54, 1.807) is 43.8 Å². The zero-order valence-corrected chi connectivity index (χ0v) is 15.5. The largest absolute Gasteiger partial charge is 0.496 e. The van der Waals surface area contributed by atoms with Crippen LogP contribution < -0.4 is 9.64 Å². The van der Waals surface area contributed by atoms with Crippen LogP contribution in [-0.2, 0) is 10.0 Å². The SMILES string of the molecule is COc1ccc(S(=O)(=O)N2CCN(c3ncccn3)CC2)cc1Br. The van der Waals surface area contributed by atoms with Gasteiger partial charge < -0.3 is 9.64 Å². The van der Waals surface area contributed by atoms with Gasteiger partial charge in [0.05, 0.1) is 16.5 Å². The van der Waals surface area contributed by atoms with Gasteiger partial charge in [0.25, 0.3) is 0 Å². The number of hydrogen-bond acceptors (Lipinski definition) is 6. The summed E-state index contributed by atoms with van der Waals surface area (Å²) in [4.78, 5) is 10.6. The maximum absolute atomic E-state index is 12.8. The third-order valence-electron chi connectivity index (χ3n) is 3.83. The Hall–Kier alpha value is -1.71. The molecule has 0 amide bonds. The van der Waals surface area contributed by atoms with Crippen molar-refractivity contribution in [1.29, 1.82) is 0 Å². The number of rotatable bonds is 4. The highest BCUT2D eigenvalue weighted by molar-refractivity contribution is 9.10. The molecule has 0 aliphatic carbocycles. The molecule has 2 heterocycles. The van der Waals surface area contributed by atoms with Gasteiger partial charge in [-0.3, -0.25) is 0 Å². The van der Waals surface area contributed by atoms with Crippen LogP contribution in [-0.4, -0.2) is 56.0 Å². The number of anilines is 1. The fourth-order valence-electron chi connectivity index (χ4n) is 2.54. The van der Waals surface area contributed by atoms with Gasteiger partial charge in [-0.05, 0) is 40.2 Å². The molecule has 128 valence electrons. The third kappa shape index (κ3) is 3.38. The van der Waals surface area contributed by atoms with Gasteiger partial charge in [0.1, 0.15) is 5.75 Å². The second-order valence-corrected chi connectivity index (χ2v) is 8.03. The highest BCUT2D eigenvalue weighted by atomic mass is 79.9. The Morgan fingerprint density at radius 2 is 1.79 bits per heavy atom. The summed E-state index contributed by atoms with van der Waals surface area (Å²) >= 11 is 3.33. The van der Waals surface area contributed by atoms with Gasteiger partial charge in [0.15, 0.2) is 0 Å². The monoisotopic (exact) mass is 412 g/mol. The van der Waals surface area contributed by atoms with Crippen LogP contribution in [0.25, 0.3) is 0 Å². The molecule has 24 heavy (non-hydrogen) atoms. The molecular weight excluding hydrogens is 396 g/mol. The van der Waals surface area contributed by atoms with E-state index in [1.807, 2.05) is 4.90 Å². The molecule has 1 fully saturated rings. The zero-order chi connectivity index (χ0) is 17.2. The van der Waals surface area contributed by atoms with E-state index in [0.717, 1.165) is 0 Å². The van der Waals surface area contributed by atoms with Crippen LogP contribution in [0.15, 0.2) is 46.0 Å². The Balaban J connectivity index is 1.74. The van der Waals surface area contributed by atoms with Crippen LogP contribution in [0, 0.1) is 0 Å². The number of halogens is 1. The first-order chi connectivity index (χ1) is 11.5. The molecule has 1 aliphatic heterocycles. The molecular formula is C15H17BrN4O3S. The Kier molecular flexibility index (Phi) is 5.02. The lowest BCUT2D eigenvalue weighted by Gasteiger charge is -2.33. The van der Waals surface area contributed by atoms with Crippen molar-refractivity contribution in [2.45, 2.75) is 4.90 Å². The number of nitrogens with zero attached hydrogens (tertiary/aromatic N) is 4. The predicted molar refractivity (Wildman–Crippen MR) is 93.7 cm³/mol. The summed E-state index contributed by atoms with van der Waals surface area (Å²) < 4.78 is 32.8. The number of methoxy groups -OCH3 is 1. The number of ether oxygens (including phenoxy) is 1. The van der Waals surface area contributed by atoms with E-state index in [-0.39, 0.29) is 4.90 Å². The molecule has 0 bridgehead atoms. The lowest BCUT2D eigenvalue weighted by Crippen LogP contribution is -2.49. The summed E-state index contributed by atoms with van der Waals surface area (Å²) in [5, 5.41) is 0. The van der Waals surface area contributed by atoms with Gasteiger partial charge in [-0.25, -0.2) is 18.4 Å². The Morgan fingerprint density at radius 1 is 1.12 bits per heavy atom. The second-order valence-electron chi connectivity index (χ2n) is 5.24. The normalized spacial score (nSPS) is 16.2. The lowest BCUT2D eigenvalue weighted by molar-refractivity contribution is 0.382. The minimum Gasteiger partial charge on any atom is -0.496 e. The molecule has 0 spiro atoms. The van der Waals surface area contributed by atoms with Crippen LogP contribution >= 0.6 is 15.9 Å². The molecule has 0 radical (unpaired) electrons. The van der Waals surface area contributed by atoms with Crippen molar-refractivity contribution in [3.05, 3.63) is 41.1 Å². The number of hydrogen-bond donors (Lipinski definition) is 0. The van der Waals surface area contributed by atoms with Crippen molar-refractivity contribution in [3.63, 3.8) is 0 Å². The quantitative estimate of drug-likeness (QED) is 0.761. The van der Waals surface area contributed by atoms with E-state index in [0.29, 0.717) is 42.3 Å². The summed E-state index contributed by atoms with van der Waals surface area (Å²) in [6.45, 7) is 1.90. The predicted octanol–water partition coefficient (Wildman–Crippen LogP) is 1.76. The number of benzene rings is 1. The van der Waals surface area contributed by atoms with E-state index in [9.17, 15) is 8.42 Å². The Bertz CT molecular complexity index is 809. The molecule has 2 aromatic rings. The maximum Gasteiger partial charge on any atom is 0.243 e. The molecule has 0 unspecified atom stereocenters. The fraction of sp³-hybridized carbons (Fsp3) is 0.333. The van der Waals surface area contributed by atoms with Crippen molar-refractivity contribution in [1.82, 2.24) is 14.3 Å². The first-order valence-electron chi connectivity index (χ1n) is 7.38. The van der Waals surface area contributed by atoms with Crippen molar-refractivity contribution < 1.29 is 13.2 Å². The van der Waals surface area contributed by atoms with E-state index in [2.05, 4.69) is 25.9 Å². The van der Waals surface area contributed by atoms with Crippen LogP contribution in [0.2, 0.25) is 0 Å². The van der Waals surface area contributed by atoms with Gasteiger partial charge in [-0.2, -0.15) is 4.31 Å². The van der Waals surface area contributed by atoms with E-state index >= 15 is 0 Å². The number of sulfonamides is 1. The first kappa shape index (κ1) is 17.1. The smallest absolute Gasteiger partial charge is 0.243 e. The van der Waals surface area contributed by atoms with Gasteiger partial charge in [-0.1, -0.05) is 0 Å². The third-order valence-corrected chi connectivity index (χ3v) is 6.35. The summed E-state index contributed by atoms with van der Waals surface area (Å²) in [6.07, 6.45) is 3.36. The number of piperazine rings is 1. The molecule has 0 atom stereocenters. The average Bonchev–Trinajstić information content (AvgIpc) is 2.62. The highest BCUT2D eigenvalue weighted by Gasteiger charge is 2.29. The molecule has 1 aromatic carbocycles. The molecule has 9 heteroatoms. The van der Waals surface area contributed by atoms with Crippen molar-refractivity contribution >= 4 is 31.9 Å². The van der Waals surface area contributed by atoms with Gasteiger partial charge in [-0.15, -0.1) is 0 Å². The minimum absolute atomic E-state index is 0.250. The van der Waals surface area contributed by atoms with Crippen LogP contribution in [0.5, 0.6) is 5.75 Å². The van der Waals surface area contributed by atoms with E-state index in [4.69, 9.17) is 4.74 Å². The van der Waals surface area contributed by atoms with Crippen LogP contribution in [0.3, 0.4) is 0 Å². The minimum atomic E-state index is -3.53. The van der Waals surface area contributed by atoms with Crippen LogP contribution in [0.1, 0.15) is 0 Å². The Labute approximate surface area is 149 Å². The molecule has 0 N–H and O–H groups in total. The lowest BCUT2D eigenvalue weighted by atomic mass is 10.3. The van der Waals surface area contributed by atoms with Gasteiger partial charge in [0.2, 0.25) is 16.0 Å². The zero-order valence-electron chi connectivity index (χ0n) is 13.1. The molecule has 7 nitrogen and oxygen atoms in total.